The van der Waals surface area contributed by atoms with Gasteiger partial charge in [-0.05, 0) is 26.3 Å². The molecule has 1 rings (SSSR count). The maximum atomic E-state index is 10.6. The third-order valence-electron chi connectivity index (χ3n) is 2.51. The lowest BCUT2D eigenvalue weighted by Crippen LogP contribution is -2.45. The van der Waals surface area contributed by atoms with Crippen LogP contribution in [0, 0.1) is 0 Å². The quantitative estimate of drug-likeness (QED) is 0.561. The van der Waals surface area contributed by atoms with E-state index in [0.717, 1.165) is 19.4 Å². The fraction of sp³-hybridized carbons (Fsp3) is 0.636. The van der Waals surface area contributed by atoms with Crippen molar-refractivity contribution < 1.29 is 15.0 Å². The van der Waals surface area contributed by atoms with Gasteiger partial charge in [-0.15, -0.1) is 0 Å². The minimum atomic E-state index is -1.69. The molecule has 0 spiro atoms. The monoisotopic (exact) mass is 241 g/mol. The van der Waals surface area contributed by atoms with Crippen LogP contribution in [-0.4, -0.2) is 44.4 Å². The highest BCUT2D eigenvalue weighted by Gasteiger charge is 2.28. The Bertz CT molecular complexity index is 336. The average molecular weight is 241 g/mol. The van der Waals surface area contributed by atoms with Gasteiger partial charge in [-0.2, -0.15) is 0 Å². The van der Waals surface area contributed by atoms with Crippen LogP contribution in [0.4, 0.5) is 0 Å². The number of aromatic nitrogens is 2. The summed E-state index contributed by atoms with van der Waals surface area (Å²) in [6, 6.07) is 0. The van der Waals surface area contributed by atoms with Gasteiger partial charge in [0.15, 0.2) is 5.60 Å². The first-order chi connectivity index (χ1) is 8.02. The second-order valence-corrected chi connectivity index (χ2v) is 4.26. The molecule has 0 aromatic carbocycles. The Morgan fingerprint density at radius 3 is 2.88 bits per heavy atom. The molecule has 96 valence electrons. The van der Waals surface area contributed by atoms with Gasteiger partial charge in [0.25, 0.3) is 0 Å². The molecule has 0 aliphatic carbocycles. The van der Waals surface area contributed by atoms with Gasteiger partial charge in [-0.25, -0.2) is 9.78 Å². The van der Waals surface area contributed by atoms with E-state index in [9.17, 15) is 9.90 Å². The molecule has 6 nitrogen and oxygen atoms in total. The highest BCUT2D eigenvalue weighted by atomic mass is 16.4. The summed E-state index contributed by atoms with van der Waals surface area (Å²) in [6.45, 7) is 2.94. The predicted octanol–water partition coefficient (Wildman–Crippen LogP) is 0.0885. The van der Waals surface area contributed by atoms with Gasteiger partial charge in [0, 0.05) is 25.5 Å². The van der Waals surface area contributed by atoms with Crippen LogP contribution in [0.2, 0.25) is 0 Å². The first-order valence-electron chi connectivity index (χ1n) is 5.64. The van der Waals surface area contributed by atoms with Crippen LogP contribution >= 0.6 is 0 Å². The van der Waals surface area contributed by atoms with Crippen LogP contribution in [0.1, 0.15) is 19.8 Å². The van der Waals surface area contributed by atoms with E-state index in [-0.39, 0.29) is 6.54 Å². The number of nitrogens with one attached hydrogen (secondary N) is 1. The van der Waals surface area contributed by atoms with Crippen LogP contribution in [0.25, 0.3) is 0 Å². The Morgan fingerprint density at radius 2 is 2.29 bits per heavy atom. The van der Waals surface area contributed by atoms with Crippen molar-refractivity contribution in [2.75, 3.05) is 13.1 Å². The van der Waals surface area contributed by atoms with Crippen molar-refractivity contribution in [2.24, 2.45) is 0 Å². The van der Waals surface area contributed by atoms with E-state index in [2.05, 4.69) is 10.3 Å². The molecule has 0 saturated heterocycles. The lowest BCUT2D eigenvalue weighted by atomic mass is 10.1. The van der Waals surface area contributed by atoms with Gasteiger partial charge < -0.3 is 20.1 Å². The maximum absolute atomic E-state index is 10.6. The first kappa shape index (κ1) is 13.7. The largest absolute Gasteiger partial charge is 0.479 e. The number of nitrogens with zero attached hydrogens (tertiary/aromatic N) is 2. The topological polar surface area (TPSA) is 87.4 Å². The van der Waals surface area contributed by atoms with Crippen LogP contribution in [0.3, 0.4) is 0 Å². The van der Waals surface area contributed by atoms with E-state index in [4.69, 9.17) is 5.11 Å². The van der Waals surface area contributed by atoms with Gasteiger partial charge in [-0.3, -0.25) is 0 Å². The summed E-state index contributed by atoms with van der Waals surface area (Å²) in [4.78, 5) is 14.5. The van der Waals surface area contributed by atoms with Gasteiger partial charge in [-0.1, -0.05) is 0 Å². The van der Waals surface area contributed by atoms with Crippen molar-refractivity contribution in [1.82, 2.24) is 14.9 Å². The molecule has 0 saturated carbocycles. The minimum Gasteiger partial charge on any atom is -0.479 e. The molecule has 0 radical (unpaired) electrons. The highest BCUT2D eigenvalue weighted by molar-refractivity contribution is 5.76. The summed E-state index contributed by atoms with van der Waals surface area (Å²) < 4.78 is 1.99. The summed E-state index contributed by atoms with van der Waals surface area (Å²) in [5.41, 5.74) is -1.69. The Kier molecular flexibility index (Phi) is 5.11. The standard InChI is InChI=1S/C11H19N3O3/c1-11(17,10(15)16)8-12-4-2-3-6-14-7-5-13-9-14/h5,7,9,12,17H,2-4,6,8H2,1H3,(H,15,16). The number of aryl methyl sites for hydroxylation is 1. The van der Waals surface area contributed by atoms with E-state index >= 15 is 0 Å². The zero-order valence-electron chi connectivity index (χ0n) is 9.96. The Hall–Kier alpha value is -1.40. The molecule has 6 heteroatoms. The molecular weight excluding hydrogens is 222 g/mol. The number of rotatable bonds is 8. The predicted molar refractivity (Wildman–Crippen MR) is 62.6 cm³/mol. The number of carbonyl (C=O) groups is 1. The number of carboxylic acid groups (broad SMARTS) is 1. The van der Waals surface area contributed by atoms with Crippen molar-refractivity contribution in [3.63, 3.8) is 0 Å². The SMILES string of the molecule is CC(O)(CNCCCCn1ccnc1)C(=O)O. The van der Waals surface area contributed by atoms with Crippen LogP contribution < -0.4 is 5.32 Å². The smallest absolute Gasteiger partial charge is 0.336 e. The number of unbranched alkanes of at least 4 members (excludes halogenated alkanes) is 1. The van der Waals surface area contributed by atoms with Gasteiger partial charge >= 0.3 is 5.97 Å². The molecule has 3 N–H and O–H groups in total. The number of aliphatic carboxylic acids is 1. The third-order valence-corrected chi connectivity index (χ3v) is 2.51. The minimum absolute atomic E-state index is 0.0629. The van der Waals surface area contributed by atoms with Crippen LogP contribution in [-0.2, 0) is 11.3 Å². The fourth-order valence-electron chi connectivity index (χ4n) is 1.37. The molecule has 0 bridgehead atoms. The summed E-state index contributed by atoms with van der Waals surface area (Å²) in [6.07, 6.45) is 7.32. The number of carboxylic acids is 1. The summed E-state index contributed by atoms with van der Waals surface area (Å²) in [5.74, 6) is -1.21. The molecule has 1 atom stereocenters. The van der Waals surface area contributed by atoms with E-state index in [1.807, 2.05) is 10.8 Å². The van der Waals surface area contributed by atoms with E-state index < -0.39 is 11.6 Å². The molecule has 1 aromatic heterocycles. The molecule has 0 aliphatic rings. The van der Waals surface area contributed by atoms with Crippen molar-refractivity contribution in [3.8, 4) is 0 Å². The molecule has 0 aliphatic heterocycles. The molecule has 1 aromatic rings. The first-order valence-corrected chi connectivity index (χ1v) is 5.64. The second kappa shape index (κ2) is 6.36. The average Bonchev–Trinajstić information content (AvgIpc) is 2.75. The van der Waals surface area contributed by atoms with Gasteiger partial charge in [0.05, 0.1) is 6.33 Å². The lowest BCUT2D eigenvalue weighted by Gasteiger charge is -2.18. The van der Waals surface area contributed by atoms with Crippen molar-refractivity contribution in [3.05, 3.63) is 18.7 Å². The Labute approximate surface area is 100 Å². The zero-order chi connectivity index (χ0) is 12.7. The summed E-state index contributed by atoms with van der Waals surface area (Å²) in [5, 5.41) is 21.0. The van der Waals surface area contributed by atoms with Gasteiger partial charge in [0.1, 0.15) is 0 Å². The van der Waals surface area contributed by atoms with Crippen molar-refractivity contribution in [2.45, 2.75) is 31.9 Å². The van der Waals surface area contributed by atoms with Crippen LogP contribution in [0.5, 0.6) is 0 Å². The van der Waals surface area contributed by atoms with Gasteiger partial charge in [0.2, 0.25) is 0 Å². The third kappa shape index (κ3) is 4.97. The zero-order valence-corrected chi connectivity index (χ0v) is 9.96. The number of imidazole rings is 1. The Balaban J connectivity index is 2.03. The normalized spacial score (nSPS) is 14.5. The Morgan fingerprint density at radius 1 is 1.53 bits per heavy atom. The molecular formula is C11H19N3O3. The molecule has 0 fully saturated rings. The number of hydrogen-bond acceptors (Lipinski definition) is 4. The van der Waals surface area contributed by atoms with Crippen LogP contribution in [0.15, 0.2) is 18.7 Å². The van der Waals surface area contributed by atoms with E-state index in [1.54, 1.807) is 12.5 Å². The molecule has 1 unspecified atom stereocenters. The van der Waals surface area contributed by atoms with E-state index in [1.165, 1.54) is 6.92 Å². The fourth-order valence-corrected chi connectivity index (χ4v) is 1.37. The lowest BCUT2D eigenvalue weighted by molar-refractivity contribution is -0.156. The van der Waals surface area contributed by atoms with Crippen molar-refractivity contribution >= 4 is 5.97 Å². The second-order valence-electron chi connectivity index (χ2n) is 4.26. The number of hydrogen-bond donors (Lipinski definition) is 3. The summed E-state index contributed by atoms with van der Waals surface area (Å²) in [7, 11) is 0. The molecule has 17 heavy (non-hydrogen) atoms. The highest BCUT2D eigenvalue weighted by Crippen LogP contribution is 2.01. The molecule has 0 amide bonds. The van der Waals surface area contributed by atoms with E-state index in [0.29, 0.717) is 6.54 Å². The number of aliphatic hydroxyl groups is 1. The van der Waals surface area contributed by atoms with Crippen molar-refractivity contribution in [1.29, 1.82) is 0 Å². The summed E-state index contributed by atoms with van der Waals surface area (Å²) >= 11 is 0. The molecule has 1 heterocycles. The maximum Gasteiger partial charge on any atom is 0.336 e.